The Kier molecular flexibility index (Phi) is 5.81. The molecular weight excluding hydrogens is 370 g/mol. The van der Waals surface area contributed by atoms with Crippen LogP contribution in [0.1, 0.15) is 12.5 Å². The van der Waals surface area contributed by atoms with E-state index in [2.05, 4.69) is 9.97 Å². The summed E-state index contributed by atoms with van der Waals surface area (Å²) in [4.78, 5) is 10.3. The third-order valence-corrected chi connectivity index (χ3v) is 4.96. The molecule has 2 heterocycles. The molecule has 1 atom stereocenters. The quantitative estimate of drug-likeness (QED) is 0.685. The molecule has 1 unspecified atom stereocenters. The SMILES string of the molecule is COc1ccc(COc2cc(N3CCOC(C)C3)nc(S(C)(=O)=O)n2)cc1. The van der Waals surface area contributed by atoms with Crippen LogP contribution in [0.15, 0.2) is 35.5 Å². The normalized spacial score (nSPS) is 17.6. The molecule has 9 heteroatoms. The van der Waals surface area contributed by atoms with Gasteiger partial charge in [0.05, 0.1) is 19.8 Å². The number of hydrogen-bond acceptors (Lipinski definition) is 8. The number of anilines is 1. The summed E-state index contributed by atoms with van der Waals surface area (Å²) in [6.07, 6.45) is 1.13. The largest absolute Gasteiger partial charge is 0.497 e. The molecular formula is C18H23N3O5S. The molecule has 1 aromatic carbocycles. The van der Waals surface area contributed by atoms with Crippen molar-refractivity contribution < 1.29 is 22.6 Å². The number of sulfone groups is 1. The van der Waals surface area contributed by atoms with Crippen LogP contribution in [0.25, 0.3) is 0 Å². The average molecular weight is 393 g/mol. The number of benzene rings is 1. The van der Waals surface area contributed by atoms with Gasteiger partial charge in [0.25, 0.3) is 5.16 Å². The van der Waals surface area contributed by atoms with Gasteiger partial charge < -0.3 is 19.1 Å². The maximum absolute atomic E-state index is 12.0. The van der Waals surface area contributed by atoms with Gasteiger partial charge in [-0.25, -0.2) is 13.4 Å². The van der Waals surface area contributed by atoms with Gasteiger partial charge in [0, 0.05) is 25.4 Å². The fourth-order valence-electron chi connectivity index (χ4n) is 2.70. The zero-order chi connectivity index (χ0) is 19.4. The standard InChI is InChI=1S/C18H23N3O5S/c1-13-11-21(8-9-25-13)16-10-17(20-18(19-16)27(3,22)23)26-12-14-4-6-15(24-2)7-5-14/h4-7,10,13H,8-9,11-12H2,1-3H3. The van der Waals surface area contributed by atoms with Crippen molar-refractivity contribution in [3.63, 3.8) is 0 Å². The first-order chi connectivity index (χ1) is 12.8. The maximum Gasteiger partial charge on any atom is 0.252 e. The van der Waals surface area contributed by atoms with Crippen LogP contribution in [0.3, 0.4) is 0 Å². The van der Waals surface area contributed by atoms with Crippen molar-refractivity contribution in [1.29, 1.82) is 0 Å². The van der Waals surface area contributed by atoms with Gasteiger partial charge in [0.2, 0.25) is 15.7 Å². The van der Waals surface area contributed by atoms with Crippen LogP contribution in [-0.4, -0.2) is 57.6 Å². The Morgan fingerprint density at radius 3 is 2.63 bits per heavy atom. The van der Waals surface area contributed by atoms with E-state index in [0.717, 1.165) is 17.6 Å². The Morgan fingerprint density at radius 1 is 1.26 bits per heavy atom. The predicted molar refractivity (Wildman–Crippen MR) is 100 cm³/mol. The minimum atomic E-state index is -3.57. The zero-order valence-electron chi connectivity index (χ0n) is 15.6. The fourth-order valence-corrected chi connectivity index (χ4v) is 3.21. The van der Waals surface area contributed by atoms with Gasteiger partial charge >= 0.3 is 0 Å². The lowest BCUT2D eigenvalue weighted by atomic mass is 10.2. The lowest BCUT2D eigenvalue weighted by molar-refractivity contribution is 0.0528. The minimum absolute atomic E-state index is 0.0408. The molecule has 0 spiro atoms. The van der Waals surface area contributed by atoms with E-state index in [1.54, 1.807) is 13.2 Å². The van der Waals surface area contributed by atoms with E-state index >= 15 is 0 Å². The van der Waals surface area contributed by atoms with Crippen LogP contribution in [0, 0.1) is 0 Å². The van der Waals surface area contributed by atoms with Crippen molar-refractivity contribution >= 4 is 15.7 Å². The van der Waals surface area contributed by atoms with Crippen LogP contribution in [0.2, 0.25) is 0 Å². The van der Waals surface area contributed by atoms with Gasteiger partial charge in [-0.15, -0.1) is 0 Å². The summed E-state index contributed by atoms with van der Waals surface area (Å²) in [5.74, 6) is 1.49. The monoisotopic (exact) mass is 393 g/mol. The second kappa shape index (κ2) is 8.10. The summed E-state index contributed by atoms with van der Waals surface area (Å²) >= 11 is 0. The van der Waals surface area contributed by atoms with Gasteiger partial charge in [-0.1, -0.05) is 12.1 Å². The second-order valence-corrected chi connectivity index (χ2v) is 8.29. The van der Waals surface area contributed by atoms with E-state index in [1.165, 1.54) is 0 Å². The summed E-state index contributed by atoms with van der Waals surface area (Å²) in [5.41, 5.74) is 0.914. The molecule has 1 saturated heterocycles. The number of rotatable bonds is 6. The van der Waals surface area contributed by atoms with Crippen molar-refractivity contribution in [2.75, 3.05) is 38.0 Å². The first-order valence-corrected chi connectivity index (χ1v) is 10.5. The molecule has 1 aliphatic heterocycles. The highest BCUT2D eigenvalue weighted by Gasteiger charge is 2.22. The van der Waals surface area contributed by atoms with Crippen molar-refractivity contribution in [1.82, 2.24) is 9.97 Å². The molecule has 0 radical (unpaired) electrons. The maximum atomic E-state index is 12.0. The van der Waals surface area contributed by atoms with Gasteiger partial charge in [-0.05, 0) is 24.6 Å². The van der Waals surface area contributed by atoms with E-state index in [0.29, 0.717) is 25.5 Å². The number of morpholine rings is 1. The molecule has 0 bridgehead atoms. The summed E-state index contributed by atoms with van der Waals surface area (Å²) in [6, 6.07) is 9.09. The molecule has 1 aliphatic rings. The van der Waals surface area contributed by atoms with Crippen LogP contribution < -0.4 is 14.4 Å². The molecule has 0 aliphatic carbocycles. The zero-order valence-corrected chi connectivity index (χ0v) is 16.4. The van der Waals surface area contributed by atoms with E-state index in [4.69, 9.17) is 14.2 Å². The smallest absolute Gasteiger partial charge is 0.252 e. The van der Waals surface area contributed by atoms with Crippen molar-refractivity contribution in [2.24, 2.45) is 0 Å². The predicted octanol–water partition coefficient (Wildman–Crippen LogP) is 1.69. The highest BCUT2D eigenvalue weighted by atomic mass is 32.2. The number of aromatic nitrogens is 2. The Bertz CT molecular complexity index is 886. The molecule has 0 N–H and O–H groups in total. The molecule has 0 saturated carbocycles. The van der Waals surface area contributed by atoms with Crippen molar-refractivity contribution in [3.8, 4) is 11.6 Å². The van der Waals surface area contributed by atoms with Crippen LogP contribution in [0.4, 0.5) is 5.82 Å². The molecule has 27 heavy (non-hydrogen) atoms. The van der Waals surface area contributed by atoms with Crippen molar-refractivity contribution in [2.45, 2.75) is 24.8 Å². The molecule has 0 amide bonds. The van der Waals surface area contributed by atoms with E-state index < -0.39 is 9.84 Å². The highest BCUT2D eigenvalue weighted by molar-refractivity contribution is 7.90. The lowest BCUT2D eigenvalue weighted by Crippen LogP contribution is -2.41. The first-order valence-electron chi connectivity index (χ1n) is 8.56. The highest BCUT2D eigenvalue weighted by Crippen LogP contribution is 2.23. The number of hydrogen-bond donors (Lipinski definition) is 0. The Labute approximate surface area is 159 Å². The van der Waals surface area contributed by atoms with Crippen LogP contribution >= 0.6 is 0 Å². The van der Waals surface area contributed by atoms with Crippen LogP contribution in [-0.2, 0) is 21.2 Å². The minimum Gasteiger partial charge on any atom is -0.497 e. The molecule has 8 nitrogen and oxygen atoms in total. The molecule has 146 valence electrons. The van der Waals surface area contributed by atoms with Gasteiger partial charge in [0.15, 0.2) is 0 Å². The average Bonchev–Trinajstić information content (AvgIpc) is 2.66. The number of nitrogens with zero attached hydrogens (tertiary/aromatic N) is 3. The molecule has 2 aromatic rings. The Morgan fingerprint density at radius 2 is 2.00 bits per heavy atom. The number of ether oxygens (including phenoxy) is 3. The third kappa shape index (κ3) is 5.08. The van der Waals surface area contributed by atoms with Gasteiger partial charge in [-0.3, -0.25) is 0 Å². The van der Waals surface area contributed by atoms with E-state index in [1.807, 2.05) is 36.1 Å². The van der Waals surface area contributed by atoms with E-state index in [-0.39, 0.29) is 23.7 Å². The van der Waals surface area contributed by atoms with E-state index in [9.17, 15) is 8.42 Å². The van der Waals surface area contributed by atoms with Crippen LogP contribution in [0.5, 0.6) is 11.6 Å². The Hall–Kier alpha value is -2.39. The summed E-state index contributed by atoms with van der Waals surface area (Å²) in [7, 11) is -1.96. The number of methoxy groups -OCH3 is 1. The molecule has 1 aromatic heterocycles. The Balaban J connectivity index is 1.83. The van der Waals surface area contributed by atoms with Crippen molar-refractivity contribution in [3.05, 3.63) is 35.9 Å². The fraction of sp³-hybridized carbons (Fsp3) is 0.444. The summed E-state index contributed by atoms with van der Waals surface area (Å²) in [5, 5.41) is -0.246. The van der Waals surface area contributed by atoms with Gasteiger partial charge in [-0.2, -0.15) is 4.98 Å². The molecule has 3 rings (SSSR count). The van der Waals surface area contributed by atoms with Gasteiger partial charge in [0.1, 0.15) is 18.2 Å². The third-order valence-electron chi connectivity index (χ3n) is 4.11. The molecule has 1 fully saturated rings. The topological polar surface area (TPSA) is 90.9 Å². The summed E-state index contributed by atoms with van der Waals surface area (Å²) < 4.78 is 40.4. The lowest BCUT2D eigenvalue weighted by Gasteiger charge is -2.32. The first kappa shape index (κ1) is 19.4. The summed E-state index contributed by atoms with van der Waals surface area (Å²) in [6.45, 7) is 4.02. The second-order valence-electron chi connectivity index (χ2n) is 6.38.